The van der Waals surface area contributed by atoms with Crippen molar-refractivity contribution in [3.63, 3.8) is 0 Å². The van der Waals surface area contributed by atoms with E-state index in [1.54, 1.807) is 0 Å². The summed E-state index contributed by atoms with van der Waals surface area (Å²) in [6.07, 6.45) is -1.48. The van der Waals surface area contributed by atoms with Crippen LogP contribution in [0.5, 0.6) is 0 Å². The van der Waals surface area contributed by atoms with Crippen molar-refractivity contribution in [2.24, 2.45) is 5.73 Å². The van der Waals surface area contributed by atoms with E-state index in [4.69, 9.17) is 24.5 Å². The average Bonchev–Trinajstić information content (AvgIpc) is 2.82. The van der Waals surface area contributed by atoms with Crippen molar-refractivity contribution < 1.29 is 23.3 Å². The average molecular weight is 363 g/mol. The molecule has 136 valence electrons. The highest BCUT2D eigenvalue weighted by atomic mass is 31.2. The fraction of sp³-hybridized carbons (Fsp3) is 0.692. The summed E-state index contributed by atoms with van der Waals surface area (Å²) < 4.78 is 35.0. The highest BCUT2D eigenvalue weighted by molar-refractivity contribution is 7.57. The number of hydrogen-bond donors (Lipinski definition) is 2. The number of rotatable bonds is 7. The summed E-state index contributed by atoms with van der Waals surface area (Å²) in [5, 5.41) is 0. The van der Waals surface area contributed by atoms with E-state index in [9.17, 15) is 14.2 Å². The van der Waals surface area contributed by atoms with Crippen molar-refractivity contribution >= 4 is 7.37 Å². The molecule has 4 atom stereocenters. The van der Waals surface area contributed by atoms with Crippen molar-refractivity contribution in [1.29, 1.82) is 0 Å². The Morgan fingerprint density at radius 1 is 1.38 bits per heavy atom. The number of ether oxygens (including phenoxy) is 3. The molecule has 11 heteroatoms. The lowest BCUT2D eigenvalue weighted by atomic mass is 10.1. The van der Waals surface area contributed by atoms with Gasteiger partial charge in [-0.25, -0.2) is 4.79 Å². The Morgan fingerprint density at radius 3 is 2.62 bits per heavy atom. The van der Waals surface area contributed by atoms with Crippen LogP contribution in [0.25, 0.3) is 0 Å². The molecule has 1 aliphatic heterocycles. The van der Waals surface area contributed by atoms with Crippen LogP contribution >= 0.6 is 7.37 Å². The number of nitrogens with one attached hydrogen (secondary N) is 1. The first kappa shape index (κ1) is 19.0. The molecule has 1 saturated heterocycles. The van der Waals surface area contributed by atoms with Gasteiger partial charge in [0.15, 0.2) is 13.6 Å². The third-order valence-corrected chi connectivity index (χ3v) is 4.29. The van der Waals surface area contributed by atoms with Crippen LogP contribution in [0.1, 0.15) is 6.23 Å². The predicted molar refractivity (Wildman–Crippen MR) is 85.4 cm³/mol. The van der Waals surface area contributed by atoms with E-state index < -0.39 is 43.2 Å². The summed E-state index contributed by atoms with van der Waals surface area (Å²) in [7, 11) is -1.28. The highest BCUT2D eigenvalue weighted by Gasteiger charge is 2.47. The molecule has 1 aromatic heterocycles. The second-order valence-corrected chi connectivity index (χ2v) is 8.39. The summed E-state index contributed by atoms with van der Waals surface area (Å²) in [6, 6.07) is 1.20. The molecule has 1 aromatic rings. The van der Waals surface area contributed by atoms with Crippen molar-refractivity contribution in [3.05, 3.63) is 33.1 Å². The maximum atomic E-state index is 12.0. The topological polar surface area (TPSA) is 135 Å². The molecule has 10 nitrogen and oxygen atoms in total. The molecule has 2 rings (SSSR count). The number of aromatic amines is 1. The number of H-pyrrole nitrogens is 1. The van der Waals surface area contributed by atoms with Gasteiger partial charge in [0.2, 0.25) is 0 Å². The molecule has 24 heavy (non-hydrogen) atoms. The molecule has 3 N–H and O–H groups in total. The minimum absolute atomic E-state index is 0.0105. The first-order valence-corrected chi connectivity index (χ1v) is 9.79. The minimum atomic E-state index is -2.72. The van der Waals surface area contributed by atoms with Crippen molar-refractivity contribution in [3.8, 4) is 0 Å². The molecule has 1 aliphatic rings. The molecular weight excluding hydrogens is 341 g/mol. The molecule has 2 unspecified atom stereocenters. The third kappa shape index (κ3) is 4.41. The van der Waals surface area contributed by atoms with Gasteiger partial charge < -0.3 is 24.5 Å². The smallest absolute Gasteiger partial charge is 0.330 e. The second-order valence-electron chi connectivity index (χ2n) is 5.63. The van der Waals surface area contributed by atoms with E-state index in [1.807, 2.05) is 0 Å². The SMILES string of the molecule is COC1C(OCN)[C@@H](COP(C)(C)=O)O[C@H]1n1ccc(=O)[nH]c1=O. The summed E-state index contributed by atoms with van der Waals surface area (Å²) >= 11 is 0. The number of hydrogen-bond acceptors (Lipinski definition) is 8. The summed E-state index contributed by atoms with van der Waals surface area (Å²) in [5.41, 5.74) is 4.30. The maximum Gasteiger partial charge on any atom is 0.330 e. The van der Waals surface area contributed by atoms with E-state index in [0.717, 1.165) is 0 Å². The Labute approximate surface area is 138 Å². The van der Waals surface area contributed by atoms with Crippen LogP contribution in [-0.4, -0.2) is 61.6 Å². The molecule has 0 spiro atoms. The zero-order valence-corrected chi connectivity index (χ0v) is 14.6. The van der Waals surface area contributed by atoms with Crippen LogP contribution < -0.4 is 17.0 Å². The Balaban J connectivity index is 2.29. The predicted octanol–water partition coefficient (Wildman–Crippen LogP) is -0.695. The van der Waals surface area contributed by atoms with Crippen LogP contribution in [-0.2, 0) is 23.3 Å². The number of methoxy groups -OCH3 is 1. The number of aromatic nitrogens is 2. The van der Waals surface area contributed by atoms with Crippen LogP contribution in [0, 0.1) is 0 Å². The number of nitrogens with zero attached hydrogens (tertiary/aromatic N) is 1. The van der Waals surface area contributed by atoms with Gasteiger partial charge >= 0.3 is 5.69 Å². The van der Waals surface area contributed by atoms with Crippen molar-refractivity contribution in [1.82, 2.24) is 9.55 Å². The zero-order chi connectivity index (χ0) is 17.9. The summed E-state index contributed by atoms with van der Waals surface area (Å²) in [5.74, 6) is 0. The molecular formula is C13H22N3O7P. The number of nitrogens with two attached hydrogens (primary N) is 1. The molecule has 0 aliphatic carbocycles. The lowest BCUT2D eigenvalue weighted by molar-refractivity contribution is -0.0609. The van der Waals surface area contributed by atoms with E-state index in [-0.39, 0.29) is 13.3 Å². The molecule has 0 aromatic carbocycles. The van der Waals surface area contributed by atoms with Crippen LogP contribution in [0.4, 0.5) is 0 Å². The first-order valence-electron chi connectivity index (χ1n) is 7.27. The molecule has 0 bridgehead atoms. The van der Waals surface area contributed by atoms with E-state index >= 15 is 0 Å². The Morgan fingerprint density at radius 2 is 2.08 bits per heavy atom. The van der Waals surface area contributed by atoms with E-state index in [0.29, 0.717) is 0 Å². The molecule has 2 heterocycles. The van der Waals surface area contributed by atoms with Gasteiger partial charge in [-0.2, -0.15) is 0 Å². The minimum Gasteiger partial charge on any atom is -0.374 e. The quantitative estimate of drug-likeness (QED) is 0.480. The van der Waals surface area contributed by atoms with E-state index in [1.165, 1.54) is 37.3 Å². The van der Waals surface area contributed by atoms with Gasteiger partial charge in [0.25, 0.3) is 5.56 Å². The van der Waals surface area contributed by atoms with Gasteiger partial charge in [-0.15, -0.1) is 0 Å². The van der Waals surface area contributed by atoms with Crippen LogP contribution in [0.15, 0.2) is 21.9 Å². The Hall–Kier alpha value is -1.29. The lowest BCUT2D eigenvalue weighted by Gasteiger charge is -2.23. The summed E-state index contributed by atoms with van der Waals surface area (Å²) in [6.45, 7) is 2.87. The van der Waals surface area contributed by atoms with Crippen molar-refractivity contribution in [2.75, 3.05) is 33.8 Å². The van der Waals surface area contributed by atoms with Crippen molar-refractivity contribution in [2.45, 2.75) is 24.5 Å². The van der Waals surface area contributed by atoms with Gasteiger partial charge in [-0.1, -0.05) is 0 Å². The normalized spacial score (nSPS) is 27.5. The molecule has 0 amide bonds. The van der Waals surface area contributed by atoms with Gasteiger partial charge in [0.1, 0.15) is 18.3 Å². The Kier molecular flexibility index (Phi) is 6.13. The largest absolute Gasteiger partial charge is 0.374 e. The van der Waals surface area contributed by atoms with Gasteiger partial charge in [0, 0.05) is 32.7 Å². The standard InChI is InChI=1S/C13H22N3O7P/c1-20-11-10(21-7-14)8(6-22-24(2,3)19)23-12(11)16-5-4-9(17)15-13(16)18/h4-5,8,10-12H,6-7,14H2,1-3H3,(H,15,17,18)/t8-,10?,11?,12-/m1/s1. The maximum absolute atomic E-state index is 12.0. The van der Waals surface area contributed by atoms with Crippen LogP contribution in [0.3, 0.4) is 0 Å². The van der Waals surface area contributed by atoms with Gasteiger partial charge in [0.05, 0.1) is 13.3 Å². The monoisotopic (exact) mass is 363 g/mol. The molecule has 0 radical (unpaired) electrons. The highest BCUT2D eigenvalue weighted by Crippen LogP contribution is 2.40. The molecule has 0 saturated carbocycles. The van der Waals surface area contributed by atoms with Gasteiger partial charge in [-0.3, -0.25) is 18.9 Å². The molecule has 1 fully saturated rings. The third-order valence-electron chi connectivity index (χ3n) is 3.52. The fourth-order valence-corrected chi connectivity index (χ4v) is 3.02. The first-order chi connectivity index (χ1) is 11.3. The second kappa shape index (κ2) is 7.73. The lowest BCUT2D eigenvalue weighted by Crippen LogP contribution is -2.41. The zero-order valence-electron chi connectivity index (χ0n) is 13.7. The van der Waals surface area contributed by atoms with Gasteiger partial charge in [-0.05, 0) is 0 Å². The van der Waals surface area contributed by atoms with Crippen LogP contribution in [0.2, 0.25) is 0 Å². The fourth-order valence-electron chi connectivity index (χ4n) is 2.51. The summed E-state index contributed by atoms with van der Waals surface area (Å²) in [4.78, 5) is 25.4. The van der Waals surface area contributed by atoms with E-state index in [2.05, 4.69) is 4.98 Å². The Bertz CT molecular complexity index is 712.